The van der Waals surface area contributed by atoms with E-state index in [1.54, 1.807) is 19.9 Å². The molecule has 3 aromatic rings. The number of hydrogen-bond acceptors (Lipinski definition) is 10. The lowest BCUT2D eigenvalue weighted by Gasteiger charge is -2.25. The van der Waals surface area contributed by atoms with E-state index in [4.69, 9.17) is 42.7 Å². The summed E-state index contributed by atoms with van der Waals surface area (Å²) in [7, 11) is 0. The van der Waals surface area contributed by atoms with E-state index in [0.29, 0.717) is 5.56 Å². The second kappa shape index (κ2) is 11.3. The minimum Gasteiger partial charge on any atom is -0.434 e. The van der Waals surface area contributed by atoms with Crippen LogP contribution in [0.1, 0.15) is 63.4 Å². The maximum atomic E-state index is 13.0. The van der Waals surface area contributed by atoms with Crippen LogP contribution in [-0.4, -0.2) is 36.8 Å². The molecule has 13 nitrogen and oxygen atoms in total. The normalized spacial score (nSPS) is 13.9. The first-order valence-electron chi connectivity index (χ1n) is 11.8. The van der Waals surface area contributed by atoms with Crippen LogP contribution in [0.3, 0.4) is 0 Å². The van der Waals surface area contributed by atoms with Crippen LogP contribution in [0, 0.1) is 11.3 Å². The molecule has 204 valence electrons. The number of aromatic amines is 1. The monoisotopic (exact) mass is 576 g/mol. The van der Waals surface area contributed by atoms with Gasteiger partial charge < -0.3 is 14.2 Å². The number of aromatic nitrogens is 5. The highest BCUT2D eigenvalue weighted by Crippen LogP contribution is 2.38. The quantitative estimate of drug-likeness (QED) is 0.407. The van der Waals surface area contributed by atoms with E-state index < -0.39 is 34.9 Å². The van der Waals surface area contributed by atoms with Gasteiger partial charge in [0.05, 0.1) is 15.7 Å². The van der Waals surface area contributed by atoms with Gasteiger partial charge in [0.25, 0.3) is 11.1 Å². The summed E-state index contributed by atoms with van der Waals surface area (Å²) < 4.78 is 18.0. The Labute approximate surface area is 230 Å². The van der Waals surface area contributed by atoms with Crippen molar-refractivity contribution in [2.75, 3.05) is 0 Å². The summed E-state index contributed by atoms with van der Waals surface area (Å²) in [4.78, 5) is 51.0. The van der Waals surface area contributed by atoms with Gasteiger partial charge in [0.1, 0.15) is 12.2 Å². The predicted octanol–water partition coefficient (Wildman–Crippen LogP) is 3.80. The number of halogens is 2. The Kier molecular flexibility index (Phi) is 8.08. The Morgan fingerprint density at radius 3 is 2.36 bits per heavy atom. The van der Waals surface area contributed by atoms with Crippen LogP contribution in [0.25, 0.3) is 5.69 Å². The maximum absolute atomic E-state index is 13.0. The number of nitriles is 1. The van der Waals surface area contributed by atoms with E-state index in [-0.39, 0.29) is 39.4 Å². The molecule has 1 aliphatic rings. The van der Waals surface area contributed by atoms with Crippen LogP contribution in [-0.2, 0) is 9.47 Å². The molecule has 0 amide bonds. The molecule has 1 fully saturated rings. The minimum absolute atomic E-state index is 0.0443. The molecule has 1 aromatic carbocycles. The summed E-state index contributed by atoms with van der Waals surface area (Å²) in [6.07, 6.45) is 0.259. The highest BCUT2D eigenvalue weighted by molar-refractivity contribution is 6.37. The number of H-pyrrole nitrogens is 1. The molecular formula is C24H22Cl2N6O7. The van der Waals surface area contributed by atoms with Crippen LogP contribution in [0.2, 0.25) is 10.0 Å². The van der Waals surface area contributed by atoms with Crippen LogP contribution in [0.4, 0.5) is 4.79 Å². The van der Waals surface area contributed by atoms with Crippen molar-refractivity contribution in [3.05, 3.63) is 70.7 Å². The standard InChI is InChI=1S/C24H22Cl2N6O7/c1-11(2)15-9-19(30-31(22(15)34)12(3)37-24(36)38-14-5-4-6-14)39-20-16(25)7-13(8-17(20)26)32-23(35)28-21(33)18(10-27)29-32/h7-9,11-12,14H,4-6H2,1-3H3,(H,28,33,35). The van der Waals surface area contributed by atoms with Crippen LogP contribution in [0.5, 0.6) is 11.6 Å². The van der Waals surface area contributed by atoms with Gasteiger partial charge in [-0.3, -0.25) is 14.6 Å². The molecule has 1 N–H and O–H groups in total. The average molecular weight is 577 g/mol. The lowest BCUT2D eigenvalue weighted by molar-refractivity contribution is -0.0402. The summed E-state index contributed by atoms with van der Waals surface area (Å²) in [6, 6.07) is 5.55. The highest BCUT2D eigenvalue weighted by atomic mass is 35.5. The first kappa shape index (κ1) is 27.9. The van der Waals surface area contributed by atoms with Gasteiger partial charge in [-0.25, -0.2) is 9.59 Å². The largest absolute Gasteiger partial charge is 0.510 e. The molecule has 0 radical (unpaired) electrons. The van der Waals surface area contributed by atoms with Crippen LogP contribution < -0.4 is 21.5 Å². The Balaban J connectivity index is 1.67. The van der Waals surface area contributed by atoms with Crippen molar-refractivity contribution in [3.63, 3.8) is 0 Å². The van der Waals surface area contributed by atoms with Crippen molar-refractivity contribution in [1.82, 2.24) is 24.5 Å². The molecule has 2 aromatic heterocycles. The summed E-state index contributed by atoms with van der Waals surface area (Å²) in [5.41, 5.74) is -2.52. The Morgan fingerprint density at radius 1 is 1.13 bits per heavy atom. The van der Waals surface area contributed by atoms with Crippen LogP contribution >= 0.6 is 23.2 Å². The lowest BCUT2D eigenvalue weighted by Crippen LogP contribution is -2.33. The minimum atomic E-state index is -1.12. The van der Waals surface area contributed by atoms with Gasteiger partial charge in [0.2, 0.25) is 11.6 Å². The van der Waals surface area contributed by atoms with E-state index in [2.05, 4.69) is 10.2 Å². The molecule has 0 bridgehead atoms. The third-order valence-corrected chi connectivity index (χ3v) is 6.42. The number of benzene rings is 1. The van der Waals surface area contributed by atoms with E-state index in [1.807, 2.05) is 4.98 Å². The highest BCUT2D eigenvalue weighted by Gasteiger charge is 2.26. The molecule has 4 rings (SSSR count). The molecule has 1 unspecified atom stereocenters. The van der Waals surface area contributed by atoms with Crippen molar-refractivity contribution in [3.8, 4) is 23.4 Å². The average Bonchev–Trinajstić information content (AvgIpc) is 2.84. The zero-order valence-corrected chi connectivity index (χ0v) is 22.4. The van der Waals surface area contributed by atoms with Gasteiger partial charge in [-0.05, 0) is 44.2 Å². The predicted molar refractivity (Wildman–Crippen MR) is 138 cm³/mol. The summed E-state index contributed by atoms with van der Waals surface area (Å²) >= 11 is 12.8. The number of hydrogen-bond donors (Lipinski definition) is 1. The van der Waals surface area contributed by atoms with Crippen LogP contribution in [0.15, 0.2) is 32.6 Å². The molecule has 0 saturated heterocycles. The number of rotatable bonds is 7. The number of carbonyl (C=O) groups is 1. The van der Waals surface area contributed by atoms with Gasteiger partial charge in [0, 0.05) is 11.6 Å². The number of carbonyl (C=O) groups excluding carboxylic acids is 1. The number of ether oxygens (including phenoxy) is 3. The van der Waals surface area contributed by atoms with Crippen molar-refractivity contribution in [1.29, 1.82) is 5.26 Å². The number of nitrogens with one attached hydrogen (secondary N) is 1. The van der Waals surface area contributed by atoms with Gasteiger partial charge in [-0.15, -0.1) is 10.2 Å². The fraction of sp³-hybridized carbons (Fsp3) is 0.375. The second-order valence-electron chi connectivity index (χ2n) is 8.95. The van der Waals surface area contributed by atoms with E-state index in [0.717, 1.165) is 28.6 Å². The van der Waals surface area contributed by atoms with Gasteiger partial charge in [-0.2, -0.15) is 14.6 Å². The maximum Gasteiger partial charge on any atom is 0.510 e. The molecular weight excluding hydrogens is 555 g/mol. The third kappa shape index (κ3) is 5.97. The molecule has 15 heteroatoms. The van der Waals surface area contributed by atoms with Crippen molar-refractivity contribution < 1.29 is 19.0 Å². The molecule has 0 aliphatic heterocycles. The lowest BCUT2D eigenvalue weighted by atomic mass is 9.96. The SMILES string of the molecule is CC(C)c1cc(Oc2c(Cl)cc(-n3nc(C#N)c(=O)[nH]c3=O)cc2Cl)nn(C(C)OC(=O)OC2CCC2)c1=O. The summed E-state index contributed by atoms with van der Waals surface area (Å²) in [5, 5.41) is 16.8. The number of nitrogens with zero attached hydrogens (tertiary/aromatic N) is 5. The fourth-order valence-corrected chi connectivity index (χ4v) is 4.13. The van der Waals surface area contributed by atoms with Crippen molar-refractivity contribution >= 4 is 29.4 Å². The van der Waals surface area contributed by atoms with Gasteiger partial charge in [0.15, 0.2) is 12.0 Å². The van der Waals surface area contributed by atoms with E-state index in [9.17, 15) is 19.2 Å². The van der Waals surface area contributed by atoms with Crippen molar-refractivity contribution in [2.45, 2.75) is 58.3 Å². The smallest absolute Gasteiger partial charge is 0.434 e. The molecule has 0 spiro atoms. The summed E-state index contributed by atoms with van der Waals surface area (Å²) in [5.74, 6) is -0.391. The topological polar surface area (TPSA) is 171 Å². The third-order valence-electron chi connectivity index (χ3n) is 5.86. The fourth-order valence-electron chi connectivity index (χ4n) is 3.58. The Hall–Kier alpha value is -4.15. The zero-order valence-electron chi connectivity index (χ0n) is 20.9. The Bertz CT molecular complexity index is 1630. The molecule has 2 heterocycles. The first-order valence-corrected chi connectivity index (χ1v) is 12.6. The van der Waals surface area contributed by atoms with Gasteiger partial charge in [-0.1, -0.05) is 37.0 Å². The Morgan fingerprint density at radius 2 is 1.79 bits per heavy atom. The van der Waals surface area contributed by atoms with Crippen molar-refractivity contribution in [2.24, 2.45) is 0 Å². The first-order chi connectivity index (χ1) is 18.5. The second-order valence-corrected chi connectivity index (χ2v) is 9.77. The molecule has 1 atom stereocenters. The molecule has 1 saturated carbocycles. The van der Waals surface area contributed by atoms with E-state index in [1.165, 1.54) is 25.1 Å². The zero-order chi connectivity index (χ0) is 28.4. The van der Waals surface area contributed by atoms with Gasteiger partial charge >= 0.3 is 11.8 Å². The molecule has 39 heavy (non-hydrogen) atoms. The molecule has 1 aliphatic carbocycles. The summed E-state index contributed by atoms with van der Waals surface area (Å²) in [6.45, 7) is 5.05. The van der Waals surface area contributed by atoms with E-state index >= 15 is 0 Å².